The van der Waals surface area contributed by atoms with Gasteiger partial charge in [0.25, 0.3) is 5.91 Å². The second-order valence-electron chi connectivity index (χ2n) is 7.16. The maximum atomic E-state index is 13.2. The first-order valence-corrected chi connectivity index (χ1v) is 10.3. The molecule has 2 aromatic carbocycles. The van der Waals surface area contributed by atoms with Gasteiger partial charge in [-0.15, -0.1) is 0 Å². The molecule has 0 saturated heterocycles. The molecule has 0 fully saturated rings. The Morgan fingerprint density at radius 3 is 2.38 bits per heavy atom. The molecule has 0 unspecified atom stereocenters. The number of rotatable bonds is 3. The lowest BCUT2D eigenvalue weighted by atomic mass is 9.89. The van der Waals surface area contributed by atoms with Crippen molar-refractivity contribution in [1.29, 1.82) is 0 Å². The summed E-state index contributed by atoms with van der Waals surface area (Å²) in [5.74, 6) is 0.0598. The lowest BCUT2D eigenvalue weighted by Gasteiger charge is -2.43. The van der Waals surface area contributed by atoms with Crippen LogP contribution in [0.25, 0.3) is 0 Å². The Morgan fingerprint density at radius 2 is 1.72 bits per heavy atom. The lowest BCUT2D eigenvalue weighted by Crippen LogP contribution is -2.47. The molecule has 148 valence electrons. The highest BCUT2D eigenvalue weighted by Crippen LogP contribution is 2.42. The van der Waals surface area contributed by atoms with Gasteiger partial charge in [-0.05, 0) is 65.2 Å². The summed E-state index contributed by atoms with van der Waals surface area (Å²) in [6.07, 6.45) is 0.624. The Labute approximate surface area is 178 Å². The Morgan fingerprint density at radius 1 is 1.03 bits per heavy atom. The van der Waals surface area contributed by atoms with E-state index < -0.39 is 0 Å². The third-order valence-corrected chi connectivity index (χ3v) is 5.67. The Balaban J connectivity index is 1.78. The minimum Gasteiger partial charge on any atom is -0.444 e. The molecule has 3 aromatic rings. The van der Waals surface area contributed by atoms with Crippen LogP contribution in [0.2, 0.25) is 0 Å². The molecule has 4 rings (SSSR count). The highest BCUT2D eigenvalue weighted by Gasteiger charge is 2.38. The van der Waals surface area contributed by atoms with Gasteiger partial charge in [-0.3, -0.25) is 9.59 Å². The number of carbonyl (C=O) groups excluding carboxylic acids is 2. The van der Waals surface area contributed by atoms with Crippen LogP contribution in [0.1, 0.15) is 42.4 Å². The van der Waals surface area contributed by atoms with Gasteiger partial charge >= 0.3 is 0 Å². The molecule has 29 heavy (non-hydrogen) atoms. The predicted molar refractivity (Wildman–Crippen MR) is 116 cm³/mol. The molecule has 1 aliphatic rings. The molecule has 6 heteroatoms. The van der Waals surface area contributed by atoms with Crippen molar-refractivity contribution in [3.8, 4) is 0 Å². The number of nitrogens with zero attached hydrogens (tertiary/aromatic N) is 2. The van der Waals surface area contributed by atoms with Crippen LogP contribution in [0.4, 0.5) is 11.4 Å². The van der Waals surface area contributed by atoms with E-state index in [1.165, 1.54) is 0 Å². The van der Waals surface area contributed by atoms with E-state index in [2.05, 4.69) is 15.9 Å². The lowest BCUT2D eigenvalue weighted by molar-refractivity contribution is -0.117. The summed E-state index contributed by atoms with van der Waals surface area (Å²) in [5, 5.41) is 0. The van der Waals surface area contributed by atoms with Gasteiger partial charge in [-0.1, -0.05) is 36.4 Å². The molecule has 1 aromatic heterocycles. The van der Waals surface area contributed by atoms with Gasteiger partial charge in [0.15, 0.2) is 10.4 Å². The summed E-state index contributed by atoms with van der Waals surface area (Å²) >= 11 is 3.26. The summed E-state index contributed by atoms with van der Waals surface area (Å²) in [6.45, 7) is 3.58. The van der Waals surface area contributed by atoms with E-state index in [1.807, 2.05) is 66.4 Å². The minimum absolute atomic E-state index is 0.0297. The van der Waals surface area contributed by atoms with Crippen LogP contribution in [0.15, 0.2) is 75.8 Å². The van der Waals surface area contributed by atoms with E-state index in [0.717, 1.165) is 16.9 Å². The molecule has 5 nitrogen and oxygen atoms in total. The van der Waals surface area contributed by atoms with Crippen molar-refractivity contribution in [2.75, 3.05) is 9.80 Å². The molecular weight excluding hydrogens is 432 g/mol. The van der Waals surface area contributed by atoms with Gasteiger partial charge in [0.05, 0.1) is 6.04 Å². The fourth-order valence-corrected chi connectivity index (χ4v) is 4.36. The third kappa shape index (κ3) is 3.60. The monoisotopic (exact) mass is 452 g/mol. The van der Waals surface area contributed by atoms with E-state index in [4.69, 9.17) is 4.42 Å². The molecule has 2 heterocycles. The van der Waals surface area contributed by atoms with Crippen LogP contribution in [0, 0.1) is 0 Å². The smallest absolute Gasteiger partial charge is 0.294 e. The summed E-state index contributed by atoms with van der Waals surface area (Å²) in [7, 11) is 0. The number of amides is 2. The molecule has 0 aliphatic carbocycles. The summed E-state index contributed by atoms with van der Waals surface area (Å²) in [6, 6.07) is 20.5. The summed E-state index contributed by atoms with van der Waals surface area (Å²) in [4.78, 5) is 29.4. The van der Waals surface area contributed by atoms with E-state index in [-0.39, 0.29) is 29.7 Å². The largest absolute Gasteiger partial charge is 0.444 e. The number of para-hydroxylation sites is 2. The van der Waals surface area contributed by atoms with Crippen LogP contribution in [-0.4, -0.2) is 17.9 Å². The average molecular weight is 453 g/mol. The maximum absolute atomic E-state index is 13.2. The SMILES string of the molecule is CC(=O)N(c1ccccc1)[C@H]1C[C@@H](C)N(C(=O)c2ccc(Br)o2)c2ccccc21. The zero-order chi connectivity index (χ0) is 20.5. The summed E-state index contributed by atoms with van der Waals surface area (Å²) < 4.78 is 6.02. The Kier molecular flexibility index (Phi) is 5.28. The standard InChI is InChI=1S/C23H21BrN2O3/c1-15-14-20(26(16(2)27)17-8-4-3-5-9-17)18-10-6-7-11-19(18)25(15)23(28)21-12-13-22(24)29-21/h3-13,15,20H,14H2,1-2H3/t15-,20+/m1/s1. The average Bonchev–Trinajstić information content (AvgIpc) is 3.15. The number of anilines is 2. The molecule has 0 bridgehead atoms. The first-order chi connectivity index (χ1) is 14.0. The highest BCUT2D eigenvalue weighted by atomic mass is 79.9. The van der Waals surface area contributed by atoms with Crippen LogP contribution in [-0.2, 0) is 4.79 Å². The van der Waals surface area contributed by atoms with Crippen molar-refractivity contribution in [2.45, 2.75) is 32.4 Å². The Bertz CT molecular complexity index is 1050. The van der Waals surface area contributed by atoms with Gasteiger partial charge in [0.1, 0.15) is 0 Å². The van der Waals surface area contributed by atoms with Gasteiger partial charge in [0.2, 0.25) is 5.91 Å². The van der Waals surface area contributed by atoms with Crippen LogP contribution >= 0.6 is 15.9 Å². The van der Waals surface area contributed by atoms with Crippen molar-refractivity contribution in [2.24, 2.45) is 0 Å². The number of hydrogen-bond donors (Lipinski definition) is 0. The van der Waals surface area contributed by atoms with Gasteiger partial charge in [-0.25, -0.2) is 0 Å². The fraction of sp³-hybridized carbons (Fsp3) is 0.217. The number of furan rings is 1. The minimum atomic E-state index is -0.191. The highest BCUT2D eigenvalue weighted by molar-refractivity contribution is 9.10. The number of hydrogen-bond acceptors (Lipinski definition) is 3. The topological polar surface area (TPSA) is 53.8 Å². The summed E-state index contributed by atoms with van der Waals surface area (Å²) in [5.41, 5.74) is 2.60. The van der Waals surface area contributed by atoms with Crippen LogP contribution < -0.4 is 9.80 Å². The number of carbonyl (C=O) groups is 2. The first kappa shape index (κ1) is 19.5. The van der Waals surface area contributed by atoms with Gasteiger partial charge in [0, 0.05) is 24.3 Å². The van der Waals surface area contributed by atoms with Crippen molar-refractivity contribution in [3.63, 3.8) is 0 Å². The van der Waals surface area contributed by atoms with Crippen molar-refractivity contribution in [1.82, 2.24) is 0 Å². The molecular formula is C23H21BrN2O3. The molecule has 2 amide bonds. The molecule has 2 atom stereocenters. The van der Waals surface area contributed by atoms with E-state index in [9.17, 15) is 9.59 Å². The van der Waals surface area contributed by atoms with E-state index in [0.29, 0.717) is 11.1 Å². The zero-order valence-electron chi connectivity index (χ0n) is 16.2. The van der Waals surface area contributed by atoms with Crippen molar-refractivity contribution >= 4 is 39.1 Å². The van der Waals surface area contributed by atoms with Crippen LogP contribution in [0.3, 0.4) is 0 Å². The molecule has 0 N–H and O–H groups in total. The van der Waals surface area contributed by atoms with Crippen molar-refractivity contribution < 1.29 is 14.0 Å². The van der Waals surface area contributed by atoms with Crippen LogP contribution in [0.5, 0.6) is 0 Å². The van der Waals surface area contributed by atoms with Gasteiger partial charge < -0.3 is 14.2 Å². The molecule has 0 radical (unpaired) electrons. The number of halogens is 1. The Hall–Kier alpha value is -2.86. The van der Waals surface area contributed by atoms with Gasteiger partial charge in [-0.2, -0.15) is 0 Å². The zero-order valence-corrected chi connectivity index (χ0v) is 17.8. The number of fused-ring (bicyclic) bond motifs is 1. The van der Waals surface area contributed by atoms with Crippen molar-refractivity contribution in [3.05, 3.63) is 82.7 Å². The van der Waals surface area contributed by atoms with E-state index >= 15 is 0 Å². The predicted octanol–water partition coefficient (Wildman–Crippen LogP) is 5.58. The fourth-order valence-electron chi connectivity index (χ4n) is 4.05. The molecule has 0 saturated carbocycles. The van der Waals surface area contributed by atoms with E-state index in [1.54, 1.807) is 24.0 Å². The quantitative estimate of drug-likeness (QED) is 0.521. The maximum Gasteiger partial charge on any atom is 0.294 e. The molecule has 0 spiro atoms. The number of benzene rings is 2. The third-order valence-electron chi connectivity index (χ3n) is 5.25. The normalized spacial score (nSPS) is 18.2. The molecule has 1 aliphatic heterocycles. The second-order valence-corrected chi connectivity index (χ2v) is 7.94. The second kappa shape index (κ2) is 7.87. The first-order valence-electron chi connectivity index (χ1n) is 9.50.